The molecule has 1 aliphatic carbocycles. The lowest BCUT2D eigenvalue weighted by molar-refractivity contribution is 0.112. The molecule has 1 aromatic carbocycles. The fraction of sp³-hybridized carbons (Fsp3) is 0.412. The Hall–Kier alpha value is -1.16. The van der Waals surface area contributed by atoms with Gasteiger partial charge in [0.1, 0.15) is 0 Å². The van der Waals surface area contributed by atoms with E-state index in [1.165, 1.54) is 16.5 Å². The minimum Gasteiger partial charge on any atom is -0.389 e. The zero-order chi connectivity index (χ0) is 13.3. The molecule has 1 saturated heterocycles. The number of hydrogen-bond acceptors (Lipinski definition) is 3. The van der Waals surface area contributed by atoms with E-state index >= 15 is 0 Å². The standard InChI is InChI=1S/C17H17NOS/c19-11-5-6-17-7-8-18(15(17)9-11)10-13-12-3-1-2-4-14(12)20-16(13)17/h1-6,11,15,19H,7-10H2/t11-,15-,17+/m0/s1. The van der Waals surface area contributed by atoms with E-state index in [0.717, 1.165) is 19.5 Å². The summed E-state index contributed by atoms with van der Waals surface area (Å²) < 4.78 is 1.42. The second-order valence-corrected chi connectivity index (χ2v) is 7.40. The van der Waals surface area contributed by atoms with Crippen LogP contribution in [-0.2, 0) is 12.0 Å². The van der Waals surface area contributed by atoms with Gasteiger partial charge in [-0.25, -0.2) is 0 Å². The molecular formula is C17H17NOS. The molecule has 5 rings (SSSR count). The molecule has 3 heteroatoms. The van der Waals surface area contributed by atoms with E-state index in [1.54, 1.807) is 10.4 Å². The molecule has 0 saturated carbocycles. The summed E-state index contributed by atoms with van der Waals surface area (Å²) in [5, 5.41) is 11.4. The van der Waals surface area contributed by atoms with Gasteiger partial charge in [-0.1, -0.05) is 30.4 Å². The Balaban J connectivity index is 1.82. The van der Waals surface area contributed by atoms with Crippen molar-refractivity contribution in [3.05, 3.63) is 46.9 Å². The van der Waals surface area contributed by atoms with Gasteiger partial charge in [-0.05, 0) is 29.9 Å². The van der Waals surface area contributed by atoms with Gasteiger partial charge in [0, 0.05) is 34.1 Å². The third-order valence-electron chi connectivity index (χ3n) is 5.41. The fourth-order valence-electron chi connectivity index (χ4n) is 4.49. The topological polar surface area (TPSA) is 23.5 Å². The highest BCUT2D eigenvalue weighted by molar-refractivity contribution is 7.19. The summed E-state index contributed by atoms with van der Waals surface area (Å²) in [6, 6.07) is 9.30. The largest absolute Gasteiger partial charge is 0.389 e. The van der Waals surface area contributed by atoms with Crippen molar-refractivity contribution >= 4 is 21.4 Å². The van der Waals surface area contributed by atoms with Crippen LogP contribution in [0, 0.1) is 0 Å². The molecule has 1 N–H and O–H groups in total. The Morgan fingerprint density at radius 1 is 1.30 bits per heavy atom. The molecule has 1 fully saturated rings. The van der Waals surface area contributed by atoms with Crippen LogP contribution in [-0.4, -0.2) is 28.7 Å². The third kappa shape index (κ3) is 1.26. The molecule has 3 heterocycles. The molecular weight excluding hydrogens is 266 g/mol. The first-order valence-corrected chi connectivity index (χ1v) is 8.22. The predicted octanol–water partition coefficient (Wildman–Crippen LogP) is 3.05. The first kappa shape index (κ1) is 11.5. The van der Waals surface area contributed by atoms with E-state index in [9.17, 15) is 5.11 Å². The molecule has 0 amide bonds. The van der Waals surface area contributed by atoms with Gasteiger partial charge < -0.3 is 5.11 Å². The maximum atomic E-state index is 9.99. The molecule has 1 aromatic heterocycles. The second kappa shape index (κ2) is 3.73. The van der Waals surface area contributed by atoms with E-state index in [4.69, 9.17) is 0 Å². The normalized spacial score (nSPS) is 38.0. The van der Waals surface area contributed by atoms with Gasteiger partial charge in [0.25, 0.3) is 0 Å². The van der Waals surface area contributed by atoms with Crippen LogP contribution >= 0.6 is 11.3 Å². The van der Waals surface area contributed by atoms with Crippen LogP contribution in [0.25, 0.3) is 10.1 Å². The smallest absolute Gasteiger partial charge is 0.0736 e. The number of nitrogens with zero attached hydrogens (tertiary/aromatic N) is 1. The van der Waals surface area contributed by atoms with Crippen molar-refractivity contribution in [2.45, 2.75) is 36.9 Å². The average Bonchev–Trinajstić information content (AvgIpc) is 2.97. The molecule has 2 bridgehead atoms. The fourth-order valence-corrected chi connectivity index (χ4v) is 5.95. The van der Waals surface area contributed by atoms with Crippen molar-refractivity contribution in [1.82, 2.24) is 4.90 Å². The van der Waals surface area contributed by atoms with Crippen LogP contribution in [0.2, 0.25) is 0 Å². The summed E-state index contributed by atoms with van der Waals surface area (Å²) >= 11 is 1.98. The summed E-state index contributed by atoms with van der Waals surface area (Å²) in [6.45, 7) is 2.23. The van der Waals surface area contributed by atoms with Crippen LogP contribution in [0.4, 0.5) is 0 Å². The minimum atomic E-state index is -0.260. The zero-order valence-corrected chi connectivity index (χ0v) is 12.1. The van der Waals surface area contributed by atoms with Gasteiger partial charge >= 0.3 is 0 Å². The summed E-state index contributed by atoms with van der Waals surface area (Å²) in [4.78, 5) is 4.16. The van der Waals surface area contributed by atoms with E-state index in [1.807, 2.05) is 17.4 Å². The van der Waals surface area contributed by atoms with E-state index < -0.39 is 0 Å². The number of thiophene rings is 1. The molecule has 2 aliphatic heterocycles. The van der Waals surface area contributed by atoms with E-state index in [-0.39, 0.29) is 11.5 Å². The van der Waals surface area contributed by atoms with Crippen molar-refractivity contribution < 1.29 is 5.11 Å². The summed E-state index contributed by atoms with van der Waals surface area (Å²) in [7, 11) is 0. The zero-order valence-electron chi connectivity index (χ0n) is 11.2. The second-order valence-electron chi connectivity index (χ2n) is 6.34. The van der Waals surface area contributed by atoms with Crippen LogP contribution in [0.3, 0.4) is 0 Å². The van der Waals surface area contributed by atoms with Gasteiger partial charge in [-0.15, -0.1) is 11.3 Å². The summed E-state index contributed by atoms with van der Waals surface area (Å²) in [5.41, 5.74) is 1.72. The van der Waals surface area contributed by atoms with E-state index in [0.29, 0.717) is 6.04 Å². The molecule has 102 valence electrons. The highest BCUT2D eigenvalue weighted by atomic mass is 32.1. The molecule has 20 heavy (non-hydrogen) atoms. The maximum absolute atomic E-state index is 9.99. The van der Waals surface area contributed by atoms with Gasteiger partial charge in [0.15, 0.2) is 0 Å². The number of aliphatic hydroxyl groups excluding tert-OH is 1. The van der Waals surface area contributed by atoms with Crippen LogP contribution in [0.15, 0.2) is 36.4 Å². The number of benzene rings is 1. The monoisotopic (exact) mass is 283 g/mol. The lowest BCUT2D eigenvalue weighted by Gasteiger charge is -2.43. The van der Waals surface area contributed by atoms with Crippen LogP contribution in [0.5, 0.6) is 0 Å². The van der Waals surface area contributed by atoms with Crippen molar-refractivity contribution in [2.75, 3.05) is 6.54 Å². The van der Waals surface area contributed by atoms with Gasteiger partial charge in [-0.3, -0.25) is 4.90 Å². The molecule has 4 atom stereocenters. The molecule has 2 nitrogen and oxygen atoms in total. The summed E-state index contributed by atoms with van der Waals surface area (Å²) in [6.07, 6.45) is 6.19. The highest BCUT2D eigenvalue weighted by Crippen LogP contribution is 2.54. The van der Waals surface area contributed by atoms with Crippen molar-refractivity contribution in [1.29, 1.82) is 0 Å². The Morgan fingerprint density at radius 2 is 2.20 bits per heavy atom. The van der Waals surface area contributed by atoms with Crippen LogP contribution < -0.4 is 0 Å². The Bertz CT molecular complexity index is 734. The number of aliphatic hydroxyl groups is 1. The summed E-state index contributed by atoms with van der Waals surface area (Å²) in [5.74, 6) is 0. The van der Waals surface area contributed by atoms with Crippen molar-refractivity contribution in [3.8, 4) is 0 Å². The lowest BCUT2D eigenvalue weighted by Crippen LogP contribution is -2.48. The Kier molecular flexibility index (Phi) is 2.14. The maximum Gasteiger partial charge on any atom is 0.0736 e. The quantitative estimate of drug-likeness (QED) is 0.751. The molecule has 0 spiro atoms. The number of hydrogen-bond donors (Lipinski definition) is 1. The van der Waals surface area contributed by atoms with Crippen molar-refractivity contribution in [2.24, 2.45) is 0 Å². The number of rotatable bonds is 0. The highest BCUT2D eigenvalue weighted by Gasteiger charge is 2.53. The molecule has 1 unspecified atom stereocenters. The van der Waals surface area contributed by atoms with Crippen LogP contribution in [0.1, 0.15) is 23.3 Å². The Labute approximate surface area is 122 Å². The van der Waals surface area contributed by atoms with Gasteiger partial charge in [0.2, 0.25) is 0 Å². The average molecular weight is 283 g/mol. The predicted molar refractivity (Wildman–Crippen MR) is 82.1 cm³/mol. The first-order chi connectivity index (χ1) is 9.78. The third-order valence-corrected chi connectivity index (χ3v) is 6.82. The van der Waals surface area contributed by atoms with E-state index in [2.05, 4.69) is 35.2 Å². The number of fused-ring (bicyclic) bond motifs is 3. The van der Waals surface area contributed by atoms with Crippen molar-refractivity contribution in [3.63, 3.8) is 0 Å². The molecule has 2 aromatic rings. The molecule has 3 aliphatic rings. The van der Waals surface area contributed by atoms with Gasteiger partial charge in [0.05, 0.1) is 6.10 Å². The first-order valence-electron chi connectivity index (χ1n) is 7.40. The SMILES string of the molecule is O[C@H]1C=C[C@]23CCN(Cc4c2sc2ccccc42)[C@H]3C1. The minimum absolute atomic E-state index is 0.177. The molecule has 0 radical (unpaired) electrons. The van der Waals surface area contributed by atoms with Gasteiger partial charge in [-0.2, -0.15) is 0 Å². The Morgan fingerprint density at radius 3 is 3.15 bits per heavy atom. The lowest BCUT2D eigenvalue weighted by atomic mass is 9.70.